The summed E-state index contributed by atoms with van der Waals surface area (Å²) in [5, 5.41) is 11.8. The summed E-state index contributed by atoms with van der Waals surface area (Å²) in [6, 6.07) is 0. The van der Waals surface area contributed by atoms with Crippen LogP contribution in [0.2, 0.25) is 0 Å². The van der Waals surface area contributed by atoms with Crippen LogP contribution in [0.25, 0.3) is 0 Å². The van der Waals surface area contributed by atoms with Crippen molar-refractivity contribution in [1.82, 2.24) is 0 Å². The Kier molecular flexibility index (Phi) is 6.42. The van der Waals surface area contributed by atoms with Gasteiger partial charge in [0, 0.05) is 11.3 Å². The highest BCUT2D eigenvalue weighted by Crippen LogP contribution is 2.69. The van der Waals surface area contributed by atoms with Crippen molar-refractivity contribution in [3.05, 3.63) is 48.1 Å². The highest BCUT2D eigenvalue weighted by Gasteiger charge is 2.63. The third kappa shape index (κ3) is 3.42. The smallest absolute Gasteiger partial charge is 0.0893 e. The number of aliphatic hydroxyl groups excluding tert-OH is 1. The normalized spacial score (nSPS) is 45.9. The molecule has 0 aromatic heterocycles. The first-order valence-corrected chi connectivity index (χ1v) is 12.9. The molecule has 3 saturated carbocycles. The van der Waals surface area contributed by atoms with Gasteiger partial charge in [0.1, 0.15) is 0 Å². The molecule has 0 bridgehead atoms. The van der Waals surface area contributed by atoms with E-state index in [1.165, 1.54) is 24.8 Å². The monoisotopic (exact) mass is 439 g/mol. The second kappa shape index (κ2) is 8.56. The van der Waals surface area contributed by atoms with Crippen LogP contribution >= 0.6 is 0 Å². The number of allylic oxidation sites excluding steroid dienone is 5. The number of nitrogens with two attached hydrogens (primary N) is 1. The molecular formula is C29H45NO2. The summed E-state index contributed by atoms with van der Waals surface area (Å²) >= 11 is 0. The highest BCUT2D eigenvalue weighted by atomic mass is 16.6. The Morgan fingerprint density at radius 1 is 1.28 bits per heavy atom. The highest BCUT2D eigenvalue weighted by molar-refractivity contribution is 5.44. The maximum atomic E-state index is 11.8. The minimum Gasteiger partial charge on any atom is -0.393 e. The second-order valence-corrected chi connectivity index (χ2v) is 12.0. The summed E-state index contributed by atoms with van der Waals surface area (Å²) in [6.45, 7) is 18.7. The average Bonchev–Trinajstić information content (AvgIpc) is 3.18. The molecule has 0 radical (unpaired) electrons. The van der Waals surface area contributed by atoms with E-state index in [2.05, 4.69) is 59.1 Å². The largest absolute Gasteiger partial charge is 0.393 e. The van der Waals surface area contributed by atoms with E-state index in [1.54, 1.807) is 0 Å². The molecule has 3 N–H and O–H groups in total. The van der Waals surface area contributed by atoms with E-state index in [1.807, 2.05) is 0 Å². The van der Waals surface area contributed by atoms with Crippen molar-refractivity contribution in [1.29, 1.82) is 0 Å². The number of hydrogen-bond acceptors (Lipinski definition) is 3. The SMILES string of the molecule is C=C1C=CC2(C)C(=C1)CCC1C2C(O)CC(C)(C2(C(=C)CON)CCC(CCC)C2)C1C. The van der Waals surface area contributed by atoms with Crippen LogP contribution in [-0.4, -0.2) is 17.8 Å². The van der Waals surface area contributed by atoms with Gasteiger partial charge in [0.2, 0.25) is 0 Å². The summed E-state index contributed by atoms with van der Waals surface area (Å²) in [7, 11) is 0. The van der Waals surface area contributed by atoms with Gasteiger partial charge in [0.05, 0.1) is 12.7 Å². The molecule has 8 atom stereocenters. The molecule has 4 rings (SSSR count). The topological polar surface area (TPSA) is 55.5 Å². The van der Waals surface area contributed by atoms with Crippen LogP contribution in [0.15, 0.2) is 48.1 Å². The fraction of sp³-hybridized carbons (Fsp3) is 0.724. The van der Waals surface area contributed by atoms with Crippen molar-refractivity contribution >= 4 is 0 Å². The molecule has 4 aliphatic carbocycles. The van der Waals surface area contributed by atoms with Crippen LogP contribution < -0.4 is 5.90 Å². The van der Waals surface area contributed by atoms with Gasteiger partial charge in [0.25, 0.3) is 0 Å². The lowest BCUT2D eigenvalue weighted by Crippen LogP contribution is -2.59. The summed E-state index contributed by atoms with van der Waals surface area (Å²) in [5.74, 6) is 7.56. The fourth-order valence-corrected chi connectivity index (χ4v) is 8.81. The molecule has 0 saturated heterocycles. The van der Waals surface area contributed by atoms with E-state index in [4.69, 9.17) is 10.7 Å². The number of fused-ring (bicyclic) bond motifs is 3. The van der Waals surface area contributed by atoms with Crippen molar-refractivity contribution < 1.29 is 9.94 Å². The molecule has 0 aromatic carbocycles. The Balaban J connectivity index is 1.72. The maximum Gasteiger partial charge on any atom is 0.0893 e. The van der Waals surface area contributed by atoms with Gasteiger partial charge in [-0.2, -0.15) is 0 Å². The molecule has 4 aliphatic rings. The van der Waals surface area contributed by atoms with Gasteiger partial charge in [-0.3, -0.25) is 0 Å². The van der Waals surface area contributed by atoms with Crippen LogP contribution in [0.4, 0.5) is 0 Å². The molecule has 0 aromatic rings. The standard InChI is InChI=1S/C29H45NO2/c1-7-8-22-12-14-29(16-22,20(3)18-32-30)28(6)17-25(31)26-24(21(28)4)10-9-23-15-19(2)11-13-27(23,26)5/h11,13,15,21-22,24-26,31H,2-3,7-10,12,14,16-18,30H2,1,4-6H3. The molecule has 0 heterocycles. The van der Waals surface area contributed by atoms with E-state index in [9.17, 15) is 5.11 Å². The van der Waals surface area contributed by atoms with Crippen LogP contribution in [-0.2, 0) is 4.84 Å². The molecule has 3 heteroatoms. The lowest BCUT2D eigenvalue weighted by atomic mass is 9.41. The third-order valence-electron chi connectivity index (χ3n) is 10.6. The van der Waals surface area contributed by atoms with Gasteiger partial charge in [-0.05, 0) is 78.3 Å². The fourth-order valence-electron chi connectivity index (χ4n) is 8.81. The van der Waals surface area contributed by atoms with E-state index in [0.717, 1.165) is 49.2 Å². The molecule has 3 fully saturated rings. The first kappa shape index (κ1) is 24.0. The first-order chi connectivity index (χ1) is 15.1. The molecule has 0 aliphatic heterocycles. The number of rotatable bonds is 6. The Morgan fingerprint density at radius 3 is 2.72 bits per heavy atom. The number of aliphatic hydroxyl groups is 1. The lowest BCUT2D eigenvalue weighted by Gasteiger charge is -2.63. The third-order valence-corrected chi connectivity index (χ3v) is 10.6. The first-order valence-electron chi connectivity index (χ1n) is 12.9. The quantitative estimate of drug-likeness (QED) is 0.366. The van der Waals surface area contributed by atoms with Crippen molar-refractivity contribution in [2.24, 2.45) is 45.8 Å². The van der Waals surface area contributed by atoms with Gasteiger partial charge >= 0.3 is 0 Å². The summed E-state index contributed by atoms with van der Waals surface area (Å²) in [5.41, 5.74) is 3.61. The maximum absolute atomic E-state index is 11.8. The predicted octanol–water partition coefficient (Wildman–Crippen LogP) is 6.51. The molecular weight excluding hydrogens is 394 g/mol. The molecule has 8 unspecified atom stereocenters. The van der Waals surface area contributed by atoms with E-state index >= 15 is 0 Å². The zero-order valence-electron chi connectivity index (χ0n) is 20.8. The van der Waals surface area contributed by atoms with Crippen LogP contribution in [0.5, 0.6) is 0 Å². The predicted molar refractivity (Wildman–Crippen MR) is 133 cm³/mol. The number of hydrogen-bond donors (Lipinski definition) is 2. The zero-order chi connectivity index (χ0) is 23.3. The van der Waals surface area contributed by atoms with Gasteiger partial charge in [-0.25, -0.2) is 5.90 Å². The second-order valence-electron chi connectivity index (χ2n) is 12.0. The van der Waals surface area contributed by atoms with Gasteiger partial charge in [0.15, 0.2) is 0 Å². The molecule has 3 nitrogen and oxygen atoms in total. The minimum atomic E-state index is -0.320. The molecule has 32 heavy (non-hydrogen) atoms. The van der Waals surface area contributed by atoms with Crippen molar-refractivity contribution in [3.63, 3.8) is 0 Å². The molecule has 178 valence electrons. The van der Waals surface area contributed by atoms with Crippen molar-refractivity contribution in [2.45, 2.75) is 85.2 Å². The summed E-state index contributed by atoms with van der Waals surface area (Å²) in [4.78, 5) is 5.15. The zero-order valence-corrected chi connectivity index (χ0v) is 20.8. The summed E-state index contributed by atoms with van der Waals surface area (Å²) in [6.07, 6.45) is 15.6. The Labute approximate surface area is 195 Å². The van der Waals surface area contributed by atoms with Crippen molar-refractivity contribution in [3.8, 4) is 0 Å². The average molecular weight is 440 g/mol. The van der Waals surface area contributed by atoms with Gasteiger partial charge in [-0.1, -0.05) is 77.5 Å². The minimum absolute atomic E-state index is 0.00865. The van der Waals surface area contributed by atoms with Crippen LogP contribution in [0.3, 0.4) is 0 Å². The lowest BCUT2D eigenvalue weighted by molar-refractivity contribution is -0.149. The van der Waals surface area contributed by atoms with E-state index < -0.39 is 0 Å². The summed E-state index contributed by atoms with van der Waals surface area (Å²) < 4.78 is 0. The Morgan fingerprint density at radius 2 is 2.03 bits per heavy atom. The van der Waals surface area contributed by atoms with Crippen LogP contribution in [0, 0.1) is 39.9 Å². The van der Waals surface area contributed by atoms with Crippen LogP contribution in [0.1, 0.15) is 79.1 Å². The van der Waals surface area contributed by atoms with Gasteiger partial charge < -0.3 is 9.94 Å². The molecule has 0 amide bonds. The van der Waals surface area contributed by atoms with Crippen molar-refractivity contribution in [2.75, 3.05) is 6.61 Å². The Hall–Kier alpha value is -1.16. The van der Waals surface area contributed by atoms with Gasteiger partial charge in [-0.15, -0.1) is 0 Å². The molecule has 0 spiro atoms. The van der Waals surface area contributed by atoms with E-state index in [-0.39, 0.29) is 28.3 Å². The Bertz CT molecular complexity index is 827. The van der Waals surface area contributed by atoms with E-state index in [0.29, 0.717) is 18.4 Å².